The third-order valence-electron chi connectivity index (χ3n) is 2.51. The number of rotatable bonds is 5. The van der Waals surface area contributed by atoms with Gasteiger partial charge in [-0.1, -0.05) is 41.6 Å². The van der Waals surface area contributed by atoms with E-state index in [9.17, 15) is 9.59 Å². The summed E-state index contributed by atoms with van der Waals surface area (Å²) in [4.78, 5) is 29.4. The molecule has 1 heterocycles. The molecule has 1 aromatic carbocycles. The molecule has 110 valence electrons. The Morgan fingerprint density at radius 1 is 1.43 bits per heavy atom. The first-order valence-corrected chi connectivity index (χ1v) is 7.40. The number of aromatic nitrogens is 2. The molecule has 1 aromatic heterocycles. The van der Waals surface area contributed by atoms with E-state index in [-0.39, 0.29) is 23.0 Å². The highest BCUT2D eigenvalue weighted by Gasteiger charge is 2.06. The summed E-state index contributed by atoms with van der Waals surface area (Å²) < 4.78 is 0. The Morgan fingerprint density at radius 3 is 2.90 bits per heavy atom. The number of benzene rings is 1. The number of thioether (sulfide) groups is 1. The zero-order valence-electron chi connectivity index (χ0n) is 10.9. The fourth-order valence-corrected chi connectivity index (χ4v) is 2.46. The van der Waals surface area contributed by atoms with Gasteiger partial charge >= 0.3 is 0 Å². The van der Waals surface area contributed by atoms with Gasteiger partial charge in [0.2, 0.25) is 5.91 Å². The Balaban J connectivity index is 1.85. The zero-order chi connectivity index (χ0) is 15.2. The second-order valence-electron chi connectivity index (χ2n) is 4.13. The number of H-pyrrole nitrogens is 1. The van der Waals surface area contributed by atoms with Crippen molar-refractivity contribution in [3.8, 4) is 0 Å². The quantitative estimate of drug-likeness (QED) is 0.570. The maximum atomic E-state index is 11.7. The first kappa shape index (κ1) is 15.4. The van der Waals surface area contributed by atoms with E-state index >= 15 is 0 Å². The van der Waals surface area contributed by atoms with E-state index in [1.807, 2.05) is 18.2 Å². The van der Waals surface area contributed by atoms with Crippen molar-refractivity contribution in [1.82, 2.24) is 15.3 Å². The molecule has 2 rings (SSSR count). The summed E-state index contributed by atoms with van der Waals surface area (Å²) in [5.74, 6) is 0.0549. The lowest BCUT2D eigenvalue weighted by Gasteiger charge is -2.06. The van der Waals surface area contributed by atoms with Crippen molar-refractivity contribution in [3.63, 3.8) is 0 Å². The number of anilines is 1. The third kappa shape index (κ3) is 4.80. The summed E-state index contributed by atoms with van der Waals surface area (Å²) in [6.07, 6.45) is 0. The molecule has 0 bridgehead atoms. The fourth-order valence-electron chi connectivity index (χ4n) is 1.54. The van der Waals surface area contributed by atoms with Crippen LogP contribution in [-0.4, -0.2) is 21.6 Å². The molecule has 0 saturated carbocycles. The summed E-state index contributed by atoms with van der Waals surface area (Å²) in [6.45, 7) is 0.347. The minimum atomic E-state index is -0.346. The minimum Gasteiger partial charge on any atom is -0.383 e. The van der Waals surface area contributed by atoms with Gasteiger partial charge in [-0.05, 0) is 11.6 Å². The number of nitrogens with two attached hydrogens (primary N) is 1. The molecule has 0 atom stereocenters. The second kappa shape index (κ2) is 7.14. The van der Waals surface area contributed by atoms with Crippen LogP contribution in [0.1, 0.15) is 5.56 Å². The molecule has 0 unspecified atom stereocenters. The smallest absolute Gasteiger partial charge is 0.253 e. The van der Waals surface area contributed by atoms with E-state index in [1.54, 1.807) is 6.07 Å². The number of amides is 1. The Kier molecular flexibility index (Phi) is 5.24. The molecule has 0 spiro atoms. The normalized spacial score (nSPS) is 10.3. The Morgan fingerprint density at radius 2 is 2.19 bits per heavy atom. The highest BCUT2D eigenvalue weighted by Crippen LogP contribution is 2.15. The Labute approximate surface area is 130 Å². The van der Waals surface area contributed by atoms with E-state index in [0.717, 1.165) is 17.3 Å². The SMILES string of the molecule is Nc1cc(=O)[nH]c(SCC(=O)NCc2ccccc2Cl)n1. The van der Waals surface area contributed by atoms with Gasteiger partial charge in [0, 0.05) is 17.6 Å². The van der Waals surface area contributed by atoms with Crippen LogP contribution in [-0.2, 0) is 11.3 Å². The number of nitrogens with one attached hydrogen (secondary N) is 2. The molecule has 6 nitrogen and oxygen atoms in total. The molecular formula is C13H13ClN4O2S. The topological polar surface area (TPSA) is 101 Å². The van der Waals surface area contributed by atoms with Crippen LogP contribution < -0.4 is 16.6 Å². The van der Waals surface area contributed by atoms with E-state index in [1.165, 1.54) is 6.07 Å². The van der Waals surface area contributed by atoms with Crippen LogP contribution in [0, 0.1) is 0 Å². The van der Waals surface area contributed by atoms with Crippen molar-refractivity contribution >= 4 is 35.1 Å². The molecule has 0 aliphatic rings. The van der Waals surface area contributed by atoms with Crippen LogP contribution in [0.4, 0.5) is 5.82 Å². The summed E-state index contributed by atoms with van der Waals surface area (Å²) in [6, 6.07) is 8.46. The van der Waals surface area contributed by atoms with E-state index in [4.69, 9.17) is 17.3 Å². The van der Waals surface area contributed by atoms with Gasteiger partial charge in [0.25, 0.3) is 5.56 Å². The molecule has 0 radical (unpaired) electrons. The molecule has 0 fully saturated rings. The highest BCUT2D eigenvalue weighted by atomic mass is 35.5. The first-order chi connectivity index (χ1) is 10.0. The third-order valence-corrected chi connectivity index (χ3v) is 3.76. The minimum absolute atomic E-state index is 0.122. The van der Waals surface area contributed by atoms with Gasteiger partial charge in [0.05, 0.1) is 5.75 Å². The molecule has 8 heteroatoms. The number of hydrogen-bond acceptors (Lipinski definition) is 5. The van der Waals surface area contributed by atoms with Crippen LogP contribution in [0.5, 0.6) is 0 Å². The molecule has 0 saturated heterocycles. The second-order valence-corrected chi connectivity index (χ2v) is 5.50. The Bertz CT molecular complexity index is 705. The van der Waals surface area contributed by atoms with Crippen LogP contribution >= 0.6 is 23.4 Å². The maximum absolute atomic E-state index is 11.7. The van der Waals surface area contributed by atoms with Crippen molar-refractivity contribution in [1.29, 1.82) is 0 Å². The molecule has 4 N–H and O–H groups in total. The first-order valence-electron chi connectivity index (χ1n) is 6.04. The lowest BCUT2D eigenvalue weighted by molar-refractivity contribution is -0.118. The average Bonchev–Trinajstić information content (AvgIpc) is 2.43. The van der Waals surface area contributed by atoms with Gasteiger partial charge in [-0.15, -0.1) is 0 Å². The predicted molar refractivity (Wildman–Crippen MR) is 83.3 cm³/mol. The predicted octanol–water partition coefficient (Wildman–Crippen LogP) is 1.41. The summed E-state index contributed by atoms with van der Waals surface area (Å²) in [7, 11) is 0. The van der Waals surface area contributed by atoms with Gasteiger partial charge in [-0.3, -0.25) is 9.59 Å². The zero-order valence-corrected chi connectivity index (χ0v) is 12.5. The number of aromatic amines is 1. The highest BCUT2D eigenvalue weighted by molar-refractivity contribution is 7.99. The van der Waals surface area contributed by atoms with E-state index in [2.05, 4.69) is 15.3 Å². The van der Waals surface area contributed by atoms with E-state index in [0.29, 0.717) is 16.7 Å². The standard InChI is InChI=1S/C13H13ClN4O2S/c14-9-4-2-1-3-8(9)6-16-12(20)7-21-13-17-10(15)5-11(19)18-13/h1-5H,6-7H2,(H,16,20)(H3,15,17,18,19). The summed E-state index contributed by atoms with van der Waals surface area (Å²) in [5.41, 5.74) is 5.95. The number of carbonyl (C=O) groups is 1. The lowest BCUT2D eigenvalue weighted by Crippen LogP contribution is -2.25. The largest absolute Gasteiger partial charge is 0.383 e. The summed E-state index contributed by atoms with van der Waals surface area (Å²) >= 11 is 7.10. The number of nitrogen functional groups attached to an aromatic ring is 1. The molecule has 2 aromatic rings. The van der Waals surface area contributed by atoms with Crippen LogP contribution in [0.3, 0.4) is 0 Å². The maximum Gasteiger partial charge on any atom is 0.253 e. The van der Waals surface area contributed by atoms with Crippen LogP contribution in [0.15, 0.2) is 40.3 Å². The van der Waals surface area contributed by atoms with Gasteiger partial charge < -0.3 is 16.0 Å². The van der Waals surface area contributed by atoms with Crippen LogP contribution in [0.2, 0.25) is 5.02 Å². The monoisotopic (exact) mass is 324 g/mol. The van der Waals surface area contributed by atoms with Gasteiger partial charge in [0.1, 0.15) is 5.82 Å². The molecule has 0 aliphatic carbocycles. The van der Waals surface area contributed by atoms with Gasteiger partial charge in [-0.2, -0.15) is 0 Å². The van der Waals surface area contributed by atoms with Crippen molar-refractivity contribution in [2.45, 2.75) is 11.7 Å². The number of halogens is 1. The number of hydrogen-bond donors (Lipinski definition) is 3. The molecule has 1 amide bonds. The Hall–Kier alpha value is -1.99. The van der Waals surface area contributed by atoms with Crippen molar-refractivity contribution in [2.75, 3.05) is 11.5 Å². The molecule has 21 heavy (non-hydrogen) atoms. The van der Waals surface area contributed by atoms with Gasteiger partial charge in [-0.25, -0.2) is 4.98 Å². The summed E-state index contributed by atoms with van der Waals surface area (Å²) in [5, 5.41) is 3.66. The lowest BCUT2D eigenvalue weighted by atomic mass is 10.2. The number of carbonyl (C=O) groups excluding carboxylic acids is 1. The van der Waals surface area contributed by atoms with Crippen LogP contribution in [0.25, 0.3) is 0 Å². The molecule has 0 aliphatic heterocycles. The van der Waals surface area contributed by atoms with Crippen molar-refractivity contribution < 1.29 is 4.79 Å². The molecular weight excluding hydrogens is 312 g/mol. The van der Waals surface area contributed by atoms with Crippen molar-refractivity contribution in [3.05, 3.63) is 51.3 Å². The fraction of sp³-hybridized carbons (Fsp3) is 0.154. The number of nitrogens with zero attached hydrogens (tertiary/aromatic N) is 1. The average molecular weight is 325 g/mol. The van der Waals surface area contributed by atoms with Gasteiger partial charge in [0.15, 0.2) is 5.16 Å². The van der Waals surface area contributed by atoms with E-state index < -0.39 is 0 Å². The van der Waals surface area contributed by atoms with Crippen molar-refractivity contribution in [2.24, 2.45) is 0 Å².